The minimum absolute atomic E-state index is 0.216. The molecule has 262 valence electrons. The van der Waals surface area contributed by atoms with E-state index in [-0.39, 0.29) is 17.2 Å². The number of hydrogen-bond donors (Lipinski definition) is 0. The van der Waals surface area contributed by atoms with Crippen molar-refractivity contribution in [3.63, 3.8) is 0 Å². The van der Waals surface area contributed by atoms with E-state index in [4.69, 9.17) is 0 Å². The van der Waals surface area contributed by atoms with Crippen molar-refractivity contribution in [1.82, 2.24) is 0 Å². The third-order valence-electron chi connectivity index (χ3n) is 8.78. The Hall–Kier alpha value is -3.10. The van der Waals surface area contributed by atoms with Crippen molar-refractivity contribution in [1.29, 1.82) is 0 Å². The van der Waals surface area contributed by atoms with Crippen LogP contribution < -0.4 is 21.2 Å². The molecule has 0 bridgehead atoms. The molecule has 0 aromatic heterocycles. The van der Waals surface area contributed by atoms with E-state index >= 15 is 0 Å². The number of hydrogen-bond acceptors (Lipinski definition) is 0. The van der Waals surface area contributed by atoms with Gasteiger partial charge in [-0.25, -0.2) is 0 Å². The molecule has 1 aliphatic rings. The third-order valence-corrected chi connectivity index (χ3v) is 14.7. The maximum Gasteiger partial charge on any atom is 0.416 e. The van der Waals surface area contributed by atoms with Gasteiger partial charge in [-0.05, 0) is 116 Å². The highest BCUT2D eigenvalue weighted by atomic mass is 31.1. The fourth-order valence-corrected chi connectivity index (χ4v) is 12.7. The summed E-state index contributed by atoms with van der Waals surface area (Å²) in [5.74, 6) is -0.216. The lowest BCUT2D eigenvalue weighted by atomic mass is 10.0. The maximum atomic E-state index is 13.4. The van der Waals surface area contributed by atoms with Crippen LogP contribution in [-0.2, 0) is 24.7 Å². The predicted octanol–water partition coefficient (Wildman–Crippen LogP) is 10.9. The molecule has 0 heterocycles. The van der Waals surface area contributed by atoms with E-state index in [9.17, 15) is 52.7 Å². The standard InChI is InChI=1S/C35H28F12P2/c1-21(48(26-13-5-22(6-14-26)32(36,37)38)27-15-7-23(8-16-27)33(39,40)41)30-3-2-4-31(30)49(28-17-9-24(10-18-28)34(42,43)44)29-19-11-25(12-20-29)35(45,46)47/h5-21,30-31H,2-4H2,1H3/t21-,30?,31?/m1/s1. The first-order chi connectivity index (χ1) is 22.7. The molecule has 1 saturated carbocycles. The van der Waals surface area contributed by atoms with Crippen molar-refractivity contribution in [3.05, 3.63) is 119 Å². The van der Waals surface area contributed by atoms with E-state index < -0.39 is 62.8 Å². The van der Waals surface area contributed by atoms with E-state index in [0.717, 1.165) is 48.5 Å². The number of alkyl halides is 12. The summed E-state index contributed by atoms with van der Waals surface area (Å²) in [5, 5.41) is 2.02. The molecule has 0 radical (unpaired) electrons. The summed E-state index contributed by atoms with van der Waals surface area (Å²) in [5.41, 5.74) is -4.15. The first kappa shape index (κ1) is 37.2. The van der Waals surface area contributed by atoms with Gasteiger partial charge in [0, 0.05) is 0 Å². The summed E-state index contributed by atoms with van der Waals surface area (Å²) < 4.78 is 161. The zero-order valence-corrected chi connectivity index (χ0v) is 27.3. The molecule has 3 atom stereocenters. The van der Waals surface area contributed by atoms with Gasteiger partial charge in [0.25, 0.3) is 0 Å². The molecule has 2 unspecified atom stereocenters. The average molecular weight is 739 g/mol. The lowest BCUT2D eigenvalue weighted by Crippen LogP contribution is -2.33. The minimum Gasteiger partial charge on any atom is -0.166 e. The fraction of sp³-hybridized carbons (Fsp3) is 0.314. The Labute approximate surface area is 277 Å². The highest BCUT2D eigenvalue weighted by Gasteiger charge is 2.42. The summed E-state index contributed by atoms with van der Waals surface area (Å²) in [6.07, 6.45) is -16.6. The second-order valence-corrected chi connectivity index (χ2v) is 16.8. The highest BCUT2D eigenvalue weighted by molar-refractivity contribution is 7.74. The Morgan fingerprint density at radius 2 is 0.735 bits per heavy atom. The summed E-state index contributed by atoms with van der Waals surface area (Å²) in [4.78, 5) is 0. The maximum absolute atomic E-state index is 13.4. The Kier molecular flexibility index (Phi) is 10.5. The van der Waals surface area contributed by atoms with E-state index in [1.165, 1.54) is 48.5 Å². The molecule has 1 aliphatic carbocycles. The van der Waals surface area contributed by atoms with Gasteiger partial charge in [0.15, 0.2) is 0 Å². The summed E-state index contributed by atoms with van der Waals surface area (Å²) >= 11 is 0. The SMILES string of the molecule is C[C@H](C1CCCC1P(c1ccc(C(F)(F)F)cc1)c1ccc(C(F)(F)F)cc1)P(c1ccc(C(F)(F)F)cc1)c1ccc(C(F)(F)F)cc1. The normalized spacial score (nSPS) is 18.3. The van der Waals surface area contributed by atoms with Crippen LogP contribution in [0.3, 0.4) is 0 Å². The summed E-state index contributed by atoms with van der Waals surface area (Å²) in [6.45, 7) is 1.87. The van der Waals surface area contributed by atoms with Crippen LogP contribution in [0.15, 0.2) is 97.1 Å². The van der Waals surface area contributed by atoms with Crippen LogP contribution in [0.1, 0.15) is 48.4 Å². The second-order valence-electron chi connectivity index (χ2n) is 11.8. The number of halogens is 12. The zero-order chi connectivity index (χ0) is 35.9. The predicted molar refractivity (Wildman–Crippen MR) is 169 cm³/mol. The molecule has 0 spiro atoms. The first-order valence-corrected chi connectivity index (χ1v) is 17.8. The van der Waals surface area contributed by atoms with Crippen molar-refractivity contribution in [2.45, 2.75) is 62.2 Å². The number of rotatable bonds is 7. The molecule has 0 N–H and O–H groups in total. The molecule has 0 saturated heterocycles. The molecule has 4 aromatic rings. The zero-order valence-electron chi connectivity index (χ0n) is 25.5. The fourth-order valence-electron chi connectivity index (χ4n) is 6.44. The largest absolute Gasteiger partial charge is 0.416 e. The Morgan fingerprint density at radius 3 is 1.02 bits per heavy atom. The quantitative estimate of drug-likeness (QED) is 0.131. The Balaban J connectivity index is 1.59. The molecule has 14 heteroatoms. The second kappa shape index (κ2) is 13.9. The third kappa shape index (κ3) is 8.45. The van der Waals surface area contributed by atoms with Crippen molar-refractivity contribution in [2.24, 2.45) is 5.92 Å². The highest BCUT2D eigenvalue weighted by Crippen LogP contribution is 2.57. The Bertz CT molecular complexity index is 1570. The van der Waals surface area contributed by atoms with Gasteiger partial charge in [0.1, 0.15) is 0 Å². The van der Waals surface area contributed by atoms with Gasteiger partial charge in [-0.2, -0.15) is 52.7 Å². The van der Waals surface area contributed by atoms with E-state index in [0.29, 0.717) is 40.5 Å². The average Bonchev–Trinajstić information content (AvgIpc) is 3.50. The van der Waals surface area contributed by atoms with Crippen molar-refractivity contribution >= 4 is 37.1 Å². The molecule has 1 fully saturated rings. The van der Waals surface area contributed by atoms with Crippen LogP contribution in [0.2, 0.25) is 0 Å². The minimum atomic E-state index is -4.61. The lowest BCUT2D eigenvalue weighted by molar-refractivity contribution is -0.138. The van der Waals surface area contributed by atoms with Gasteiger partial charge >= 0.3 is 24.7 Å². The van der Waals surface area contributed by atoms with Gasteiger partial charge in [0.05, 0.1) is 22.3 Å². The Morgan fingerprint density at radius 1 is 0.449 bits per heavy atom. The summed E-state index contributed by atoms with van der Waals surface area (Å²) in [6, 6.07) is 18.0. The molecule has 49 heavy (non-hydrogen) atoms. The van der Waals surface area contributed by atoms with Gasteiger partial charge in [-0.3, -0.25) is 0 Å². The van der Waals surface area contributed by atoms with Crippen LogP contribution in [0.5, 0.6) is 0 Å². The molecule has 5 rings (SSSR count). The monoisotopic (exact) mass is 738 g/mol. The van der Waals surface area contributed by atoms with Gasteiger partial charge in [-0.15, -0.1) is 0 Å². The van der Waals surface area contributed by atoms with Crippen molar-refractivity contribution in [2.75, 3.05) is 0 Å². The van der Waals surface area contributed by atoms with Crippen LogP contribution in [0.4, 0.5) is 52.7 Å². The van der Waals surface area contributed by atoms with Gasteiger partial charge in [-0.1, -0.05) is 61.9 Å². The molecule has 0 aliphatic heterocycles. The smallest absolute Gasteiger partial charge is 0.166 e. The van der Waals surface area contributed by atoms with E-state index in [1.54, 1.807) is 0 Å². The first-order valence-electron chi connectivity index (χ1n) is 15.0. The number of benzene rings is 4. The van der Waals surface area contributed by atoms with Crippen LogP contribution in [0.25, 0.3) is 0 Å². The molecular formula is C35H28F12P2. The molecule has 0 amide bonds. The van der Waals surface area contributed by atoms with Crippen molar-refractivity contribution < 1.29 is 52.7 Å². The van der Waals surface area contributed by atoms with Gasteiger partial charge in [0.2, 0.25) is 0 Å². The van der Waals surface area contributed by atoms with Crippen LogP contribution in [-0.4, -0.2) is 11.3 Å². The summed E-state index contributed by atoms with van der Waals surface area (Å²) in [7, 11) is -3.12. The van der Waals surface area contributed by atoms with Crippen LogP contribution >= 0.6 is 15.8 Å². The molecule has 0 nitrogen and oxygen atoms in total. The molecule has 4 aromatic carbocycles. The lowest BCUT2D eigenvalue weighted by Gasteiger charge is -2.37. The van der Waals surface area contributed by atoms with Crippen LogP contribution in [0, 0.1) is 5.92 Å². The van der Waals surface area contributed by atoms with Crippen molar-refractivity contribution in [3.8, 4) is 0 Å². The topological polar surface area (TPSA) is 0 Å². The molecular weight excluding hydrogens is 710 g/mol. The van der Waals surface area contributed by atoms with E-state index in [2.05, 4.69) is 0 Å². The van der Waals surface area contributed by atoms with E-state index in [1.807, 2.05) is 6.92 Å². The van der Waals surface area contributed by atoms with Gasteiger partial charge < -0.3 is 0 Å².